The van der Waals surface area contributed by atoms with E-state index in [1.54, 1.807) is 0 Å². The van der Waals surface area contributed by atoms with Gasteiger partial charge in [-0.3, -0.25) is 0 Å². The van der Waals surface area contributed by atoms with Gasteiger partial charge < -0.3 is 15.0 Å². The fourth-order valence-corrected chi connectivity index (χ4v) is 2.45. The van der Waals surface area contributed by atoms with Crippen LogP contribution in [0.3, 0.4) is 0 Å². The summed E-state index contributed by atoms with van der Waals surface area (Å²) in [5.41, 5.74) is 2.60. The summed E-state index contributed by atoms with van der Waals surface area (Å²) >= 11 is 0. The molecule has 0 spiro atoms. The normalized spacial score (nSPS) is 10.9. The zero-order valence-electron chi connectivity index (χ0n) is 14.3. The summed E-state index contributed by atoms with van der Waals surface area (Å²) in [5, 5.41) is 3.51. The number of ether oxygens (including phenoxy) is 1. The van der Waals surface area contributed by atoms with Crippen LogP contribution in [0.15, 0.2) is 54.6 Å². The summed E-state index contributed by atoms with van der Waals surface area (Å²) in [7, 11) is 4.18. The fraction of sp³-hybridized carbons (Fsp3) is 0.400. The summed E-state index contributed by atoms with van der Waals surface area (Å²) in [5.74, 6) is 0.999. The molecule has 0 aliphatic rings. The average molecular weight is 312 g/mol. The van der Waals surface area contributed by atoms with Gasteiger partial charge in [0.25, 0.3) is 0 Å². The molecule has 1 N–H and O–H groups in total. The minimum atomic E-state index is 0.763. The van der Waals surface area contributed by atoms with Gasteiger partial charge in [-0.15, -0.1) is 0 Å². The molecule has 3 nitrogen and oxygen atoms in total. The number of rotatable bonds is 10. The van der Waals surface area contributed by atoms with E-state index in [1.807, 2.05) is 6.07 Å². The SMILES string of the molecule is CN(C)CCCOc1ccccc1CNCCc1ccccc1. The van der Waals surface area contributed by atoms with E-state index in [1.165, 1.54) is 11.1 Å². The van der Waals surface area contributed by atoms with Crippen molar-refractivity contribution in [3.63, 3.8) is 0 Å². The molecule has 0 unspecified atom stereocenters. The number of hydrogen-bond acceptors (Lipinski definition) is 3. The first-order valence-corrected chi connectivity index (χ1v) is 8.36. The number of nitrogens with one attached hydrogen (secondary N) is 1. The number of benzene rings is 2. The molecule has 2 aromatic rings. The van der Waals surface area contributed by atoms with Crippen molar-refractivity contribution in [3.8, 4) is 5.75 Å². The Labute approximate surface area is 140 Å². The zero-order chi connectivity index (χ0) is 16.3. The Morgan fingerprint density at radius 1 is 0.957 bits per heavy atom. The van der Waals surface area contributed by atoms with Crippen molar-refractivity contribution < 1.29 is 4.74 Å². The maximum absolute atomic E-state index is 5.94. The smallest absolute Gasteiger partial charge is 0.123 e. The Bertz CT molecular complexity index is 555. The highest BCUT2D eigenvalue weighted by molar-refractivity contribution is 5.33. The van der Waals surface area contributed by atoms with E-state index in [0.717, 1.165) is 44.8 Å². The van der Waals surface area contributed by atoms with Gasteiger partial charge in [0.05, 0.1) is 6.61 Å². The Morgan fingerprint density at radius 3 is 2.48 bits per heavy atom. The quantitative estimate of drug-likeness (QED) is 0.681. The third kappa shape index (κ3) is 6.85. The average Bonchev–Trinajstić information content (AvgIpc) is 2.57. The van der Waals surface area contributed by atoms with Crippen LogP contribution in [0.2, 0.25) is 0 Å². The molecule has 23 heavy (non-hydrogen) atoms. The lowest BCUT2D eigenvalue weighted by Crippen LogP contribution is -2.18. The summed E-state index contributed by atoms with van der Waals surface area (Å²) in [6.45, 7) is 3.63. The van der Waals surface area contributed by atoms with Gasteiger partial charge in [0.15, 0.2) is 0 Å². The molecule has 0 aromatic heterocycles. The van der Waals surface area contributed by atoms with Gasteiger partial charge in [0, 0.05) is 18.7 Å². The van der Waals surface area contributed by atoms with E-state index in [2.05, 4.69) is 72.8 Å². The van der Waals surface area contributed by atoms with Gasteiger partial charge in [0.1, 0.15) is 5.75 Å². The lowest BCUT2D eigenvalue weighted by molar-refractivity contribution is 0.279. The molecule has 0 fully saturated rings. The van der Waals surface area contributed by atoms with Crippen molar-refractivity contribution in [3.05, 3.63) is 65.7 Å². The zero-order valence-corrected chi connectivity index (χ0v) is 14.3. The van der Waals surface area contributed by atoms with Gasteiger partial charge in [-0.2, -0.15) is 0 Å². The van der Waals surface area contributed by atoms with Crippen LogP contribution in [0, 0.1) is 0 Å². The summed E-state index contributed by atoms with van der Waals surface area (Å²) in [6, 6.07) is 18.9. The lowest BCUT2D eigenvalue weighted by atomic mass is 10.1. The molecule has 0 saturated carbocycles. The first-order valence-electron chi connectivity index (χ1n) is 8.36. The molecule has 0 saturated heterocycles. The molecule has 0 amide bonds. The number of hydrogen-bond donors (Lipinski definition) is 1. The number of nitrogens with zero attached hydrogens (tertiary/aromatic N) is 1. The molecule has 2 aromatic carbocycles. The molecule has 3 heteroatoms. The molecule has 0 heterocycles. The van der Waals surface area contributed by atoms with Gasteiger partial charge in [-0.1, -0.05) is 48.5 Å². The highest BCUT2D eigenvalue weighted by Gasteiger charge is 2.03. The van der Waals surface area contributed by atoms with E-state index in [-0.39, 0.29) is 0 Å². The second-order valence-electron chi connectivity index (χ2n) is 6.03. The molecule has 0 atom stereocenters. The summed E-state index contributed by atoms with van der Waals surface area (Å²) in [6.07, 6.45) is 2.09. The highest BCUT2D eigenvalue weighted by Crippen LogP contribution is 2.17. The fourth-order valence-electron chi connectivity index (χ4n) is 2.45. The molecular weight excluding hydrogens is 284 g/mol. The summed E-state index contributed by atoms with van der Waals surface area (Å²) < 4.78 is 5.94. The van der Waals surface area contributed by atoms with Gasteiger partial charge in [-0.05, 0) is 45.1 Å². The van der Waals surface area contributed by atoms with Gasteiger partial charge in [0.2, 0.25) is 0 Å². The molecule has 0 aliphatic carbocycles. The van der Waals surface area contributed by atoms with Gasteiger partial charge >= 0.3 is 0 Å². The van der Waals surface area contributed by atoms with E-state index >= 15 is 0 Å². The van der Waals surface area contributed by atoms with Crippen molar-refractivity contribution >= 4 is 0 Å². The third-order valence-corrected chi connectivity index (χ3v) is 3.73. The van der Waals surface area contributed by atoms with Crippen LogP contribution in [0.1, 0.15) is 17.5 Å². The summed E-state index contributed by atoms with van der Waals surface area (Å²) in [4.78, 5) is 2.18. The van der Waals surface area contributed by atoms with Crippen molar-refractivity contribution in [1.29, 1.82) is 0 Å². The van der Waals surface area contributed by atoms with E-state index < -0.39 is 0 Å². The van der Waals surface area contributed by atoms with Crippen LogP contribution in [0.4, 0.5) is 0 Å². The minimum absolute atomic E-state index is 0.763. The van der Waals surface area contributed by atoms with Crippen LogP contribution < -0.4 is 10.1 Å². The predicted octanol–water partition coefficient (Wildman–Crippen LogP) is 3.35. The Kier molecular flexibility index (Phi) is 7.64. The molecule has 124 valence electrons. The maximum Gasteiger partial charge on any atom is 0.123 e. The monoisotopic (exact) mass is 312 g/mol. The second-order valence-corrected chi connectivity index (χ2v) is 6.03. The van der Waals surface area contributed by atoms with Crippen molar-refractivity contribution in [1.82, 2.24) is 10.2 Å². The second kappa shape index (κ2) is 10.0. The molecule has 0 bridgehead atoms. The minimum Gasteiger partial charge on any atom is -0.493 e. The van der Waals surface area contributed by atoms with Gasteiger partial charge in [-0.25, -0.2) is 0 Å². The van der Waals surface area contributed by atoms with E-state index in [4.69, 9.17) is 4.74 Å². The van der Waals surface area contributed by atoms with Crippen molar-refractivity contribution in [2.75, 3.05) is 33.8 Å². The van der Waals surface area contributed by atoms with Crippen molar-refractivity contribution in [2.45, 2.75) is 19.4 Å². The Hall–Kier alpha value is -1.84. The maximum atomic E-state index is 5.94. The van der Waals surface area contributed by atoms with E-state index in [0.29, 0.717) is 0 Å². The van der Waals surface area contributed by atoms with Crippen LogP contribution in [0.5, 0.6) is 5.75 Å². The molecule has 0 radical (unpaired) electrons. The first-order chi connectivity index (χ1) is 11.3. The molecule has 2 rings (SSSR count). The molecular formula is C20H28N2O. The Balaban J connectivity index is 1.74. The van der Waals surface area contributed by atoms with Crippen LogP contribution in [0.25, 0.3) is 0 Å². The predicted molar refractivity (Wildman–Crippen MR) is 97.0 cm³/mol. The highest BCUT2D eigenvalue weighted by atomic mass is 16.5. The van der Waals surface area contributed by atoms with E-state index in [9.17, 15) is 0 Å². The Morgan fingerprint density at radius 2 is 1.70 bits per heavy atom. The van der Waals surface area contributed by atoms with Crippen LogP contribution >= 0.6 is 0 Å². The number of para-hydroxylation sites is 1. The standard InChI is InChI=1S/C20H28N2O/c1-22(2)15-8-16-23-20-12-7-6-11-19(20)17-21-14-13-18-9-4-3-5-10-18/h3-7,9-12,21H,8,13-17H2,1-2H3. The third-order valence-electron chi connectivity index (χ3n) is 3.73. The topological polar surface area (TPSA) is 24.5 Å². The van der Waals surface area contributed by atoms with Crippen molar-refractivity contribution in [2.24, 2.45) is 0 Å². The van der Waals surface area contributed by atoms with Crippen LogP contribution in [-0.4, -0.2) is 38.7 Å². The van der Waals surface area contributed by atoms with Crippen LogP contribution in [-0.2, 0) is 13.0 Å². The lowest BCUT2D eigenvalue weighted by Gasteiger charge is -2.13. The first kappa shape index (κ1) is 17.5. The molecule has 0 aliphatic heterocycles. The largest absolute Gasteiger partial charge is 0.493 e.